The molecule has 3 aromatic carbocycles. The van der Waals surface area contributed by atoms with E-state index in [0.717, 1.165) is 0 Å². The van der Waals surface area contributed by atoms with Crippen LogP contribution in [0.15, 0.2) is 60.7 Å². The van der Waals surface area contributed by atoms with Crippen LogP contribution in [-0.2, 0) is 4.79 Å². The Kier molecular flexibility index (Phi) is 4.83. The van der Waals surface area contributed by atoms with Gasteiger partial charge in [-0.3, -0.25) is 4.79 Å². The lowest BCUT2D eigenvalue weighted by atomic mass is 9.96. The van der Waals surface area contributed by atoms with E-state index in [1.165, 1.54) is 16.3 Å². The lowest BCUT2D eigenvalue weighted by Crippen LogP contribution is -2.39. The predicted molar refractivity (Wildman–Crippen MR) is 106 cm³/mol. The van der Waals surface area contributed by atoms with Crippen LogP contribution in [0.3, 0.4) is 0 Å². The predicted octanol–water partition coefficient (Wildman–Crippen LogP) is 4.69. The highest BCUT2D eigenvalue weighted by Crippen LogP contribution is 2.30. The average molecular weight is 386 g/mol. The summed E-state index contributed by atoms with van der Waals surface area (Å²) in [6.45, 7) is 0. The Morgan fingerprint density at radius 1 is 0.962 bits per heavy atom. The first-order chi connectivity index (χ1) is 12.6. The largest absolute Gasteiger partial charge is 0.325 e. The molecule has 1 heterocycles. The average Bonchev–Trinajstić information content (AvgIpc) is 3.14. The Morgan fingerprint density at radius 2 is 1.77 bits per heavy atom. The Morgan fingerprint density at radius 3 is 2.62 bits per heavy atom. The molecule has 0 aromatic heterocycles. The molecule has 6 heteroatoms. The number of nitrogens with one attached hydrogen (secondary N) is 3. The van der Waals surface area contributed by atoms with Gasteiger partial charge in [0, 0.05) is 11.7 Å². The van der Waals surface area contributed by atoms with E-state index in [9.17, 15) is 4.79 Å². The molecule has 1 fully saturated rings. The van der Waals surface area contributed by atoms with Crippen LogP contribution in [0.2, 0.25) is 10.0 Å². The molecule has 0 spiro atoms. The SMILES string of the molecule is O=C(Nc1ccc(Cl)c(Cl)c1)C1CC(c2cccc3ccccc23)NN1. The smallest absolute Gasteiger partial charge is 0.242 e. The fourth-order valence-electron chi connectivity index (χ4n) is 3.29. The lowest BCUT2D eigenvalue weighted by Gasteiger charge is -2.13. The van der Waals surface area contributed by atoms with Gasteiger partial charge >= 0.3 is 0 Å². The van der Waals surface area contributed by atoms with Crippen molar-refractivity contribution in [3.8, 4) is 0 Å². The van der Waals surface area contributed by atoms with Crippen molar-refractivity contribution >= 4 is 45.6 Å². The van der Waals surface area contributed by atoms with Gasteiger partial charge in [-0.15, -0.1) is 0 Å². The molecular formula is C20H17Cl2N3O. The molecule has 3 N–H and O–H groups in total. The Bertz CT molecular complexity index is 971. The third-order valence-electron chi connectivity index (χ3n) is 4.61. The molecule has 0 aliphatic carbocycles. The maximum atomic E-state index is 12.6. The Hall–Kier alpha value is -2.11. The summed E-state index contributed by atoms with van der Waals surface area (Å²) in [4.78, 5) is 12.6. The number of amides is 1. The van der Waals surface area contributed by atoms with Gasteiger partial charge in [0.25, 0.3) is 0 Å². The quantitative estimate of drug-likeness (QED) is 0.612. The molecule has 2 atom stereocenters. The van der Waals surface area contributed by atoms with Gasteiger partial charge in [-0.25, -0.2) is 10.9 Å². The van der Waals surface area contributed by atoms with Crippen LogP contribution >= 0.6 is 23.2 Å². The highest BCUT2D eigenvalue weighted by atomic mass is 35.5. The summed E-state index contributed by atoms with van der Waals surface area (Å²) in [5.41, 5.74) is 8.14. The zero-order chi connectivity index (χ0) is 18.1. The van der Waals surface area contributed by atoms with Gasteiger partial charge in [-0.05, 0) is 41.0 Å². The second kappa shape index (κ2) is 7.25. The molecule has 0 radical (unpaired) electrons. The van der Waals surface area contributed by atoms with E-state index in [-0.39, 0.29) is 18.0 Å². The van der Waals surface area contributed by atoms with Crippen LogP contribution in [0.5, 0.6) is 0 Å². The summed E-state index contributed by atoms with van der Waals surface area (Å²) in [7, 11) is 0. The molecule has 1 saturated heterocycles. The number of carbonyl (C=O) groups is 1. The van der Waals surface area contributed by atoms with Crippen molar-refractivity contribution in [1.82, 2.24) is 10.9 Å². The molecule has 4 rings (SSSR count). The molecule has 26 heavy (non-hydrogen) atoms. The summed E-state index contributed by atoms with van der Waals surface area (Å²) >= 11 is 11.9. The fourth-order valence-corrected chi connectivity index (χ4v) is 3.59. The maximum Gasteiger partial charge on any atom is 0.242 e. The van der Waals surface area contributed by atoms with Gasteiger partial charge in [-0.1, -0.05) is 65.7 Å². The number of halogens is 2. The minimum absolute atomic E-state index is 0.0608. The molecule has 0 saturated carbocycles. The fraction of sp³-hybridized carbons (Fsp3) is 0.150. The van der Waals surface area contributed by atoms with Gasteiger partial charge in [0.15, 0.2) is 0 Å². The maximum absolute atomic E-state index is 12.6. The number of hydrazine groups is 1. The van der Waals surface area contributed by atoms with E-state index in [1.807, 2.05) is 18.2 Å². The zero-order valence-corrected chi connectivity index (χ0v) is 15.3. The van der Waals surface area contributed by atoms with Crippen LogP contribution in [0.4, 0.5) is 5.69 Å². The van der Waals surface area contributed by atoms with Crippen LogP contribution in [0.1, 0.15) is 18.0 Å². The first kappa shape index (κ1) is 17.3. The van der Waals surface area contributed by atoms with Crippen molar-refractivity contribution in [3.63, 3.8) is 0 Å². The minimum atomic E-state index is -0.339. The van der Waals surface area contributed by atoms with Gasteiger partial charge in [0.2, 0.25) is 5.91 Å². The molecule has 1 amide bonds. The van der Waals surface area contributed by atoms with Crippen LogP contribution in [0, 0.1) is 0 Å². The van der Waals surface area contributed by atoms with E-state index in [0.29, 0.717) is 22.2 Å². The van der Waals surface area contributed by atoms with Crippen molar-refractivity contribution in [2.45, 2.75) is 18.5 Å². The molecule has 132 valence electrons. The molecule has 2 unspecified atom stereocenters. The molecule has 0 bridgehead atoms. The molecule has 4 nitrogen and oxygen atoms in total. The van der Waals surface area contributed by atoms with Gasteiger partial charge < -0.3 is 5.32 Å². The van der Waals surface area contributed by atoms with Gasteiger partial charge in [0.1, 0.15) is 6.04 Å². The van der Waals surface area contributed by atoms with Gasteiger partial charge in [0.05, 0.1) is 10.0 Å². The number of carbonyl (C=O) groups excluding carboxylic acids is 1. The number of benzene rings is 3. The van der Waals surface area contributed by atoms with Crippen molar-refractivity contribution in [1.29, 1.82) is 0 Å². The molecule has 1 aliphatic heterocycles. The first-order valence-corrected chi connectivity index (χ1v) is 9.12. The normalized spacial score (nSPS) is 19.6. The van der Waals surface area contributed by atoms with Crippen LogP contribution in [-0.4, -0.2) is 11.9 Å². The summed E-state index contributed by atoms with van der Waals surface area (Å²) < 4.78 is 0. The van der Waals surface area contributed by atoms with Crippen molar-refractivity contribution < 1.29 is 4.79 Å². The summed E-state index contributed by atoms with van der Waals surface area (Å²) in [5.74, 6) is -0.112. The third-order valence-corrected chi connectivity index (χ3v) is 5.34. The van der Waals surface area contributed by atoms with E-state index in [2.05, 4.69) is 40.4 Å². The second-order valence-corrected chi connectivity index (χ2v) is 7.13. The molecular weight excluding hydrogens is 369 g/mol. The summed E-state index contributed by atoms with van der Waals surface area (Å²) in [5, 5.41) is 6.13. The Balaban J connectivity index is 1.49. The zero-order valence-electron chi connectivity index (χ0n) is 13.8. The van der Waals surface area contributed by atoms with Crippen molar-refractivity contribution in [3.05, 3.63) is 76.3 Å². The number of hydrogen-bond acceptors (Lipinski definition) is 3. The number of hydrogen-bond donors (Lipinski definition) is 3. The second-order valence-electron chi connectivity index (χ2n) is 6.32. The standard InChI is InChI=1S/C20H17Cl2N3O/c21-16-9-8-13(10-17(16)22)23-20(26)19-11-18(24-25-19)15-7-3-5-12-4-1-2-6-14(12)15/h1-10,18-19,24-25H,11H2,(H,23,26). The molecule has 1 aliphatic rings. The van der Waals surface area contributed by atoms with E-state index in [1.54, 1.807) is 18.2 Å². The van der Waals surface area contributed by atoms with Crippen molar-refractivity contribution in [2.75, 3.05) is 5.32 Å². The van der Waals surface area contributed by atoms with Crippen LogP contribution < -0.4 is 16.2 Å². The summed E-state index contributed by atoms with van der Waals surface area (Å²) in [6.07, 6.45) is 0.654. The first-order valence-electron chi connectivity index (χ1n) is 8.36. The van der Waals surface area contributed by atoms with Crippen LogP contribution in [0.25, 0.3) is 10.8 Å². The highest BCUT2D eigenvalue weighted by molar-refractivity contribution is 6.42. The number of anilines is 1. The topological polar surface area (TPSA) is 53.2 Å². The highest BCUT2D eigenvalue weighted by Gasteiger charge is 2.30. The number of fused-ring (bicyclic) bond motifs is 1. The lowest BCUT2D eigenvalue weighted by molar-refractivity contribution is -0.117. The third kappa shape index (κ3) is 3.41. The van der Waals surface area contributed by atoms with Gasteiger partial charge in [-0.2, -0.15) is 0 Å². The van der Waals surface area contributed by atoms with E-state index < -0.39 is 0 Å². The molecule has 3 aromatic rings. The minimum Gasteiger partial charge on any atom is -0.325 e. The monoisotopic (exact) mass is 385 g/mol. The number of rotatable bonds is 3. The van der Waals surface area contributed by atoms with Crippen molar-refractivity contribution in [2.24, 2.45) is 0 Å². The van der Waals surface area contributed by atoms with E-state index in [4.69, 9.17) is 23.2 Å². The van der Waals surface area contributed by atoms with E-state index >= 15 is 0 Å². The summed E-state index contributed by atoms with van der Waals surface area (Å²) in [6, 6.07) is 19.3. The Labute approximate surface area is 161 Å².